The number of aromatic nitrogens is 2. The molecule has 6 heteroatoms. The summed E-state index contributed by atoms with van der Waals surface area (Å²) in [5.41, 5.74) is 4.57. The molecule has 1 spiro atoms. The third-order valence-electron chi connectivity index (χ3n) is 3.68. The van der Waals surface area contributed by atoms with Gasteiger partial charge in [-0.15, -0.1) is 10.2 Å². The summed E-state index contributed by atoms with van der Waals surface area (Å²) in [5, 5.41) is 9.75. The molecule has 18 heavy (non-hydrogen) atoms. The number of nitrogens with two attached hydrogens (primary N) is 1. The first-order valence-electron chi connectivity index (χ1n) is 7.22. The number of hydrogen-bond acceptors (Lipinski definition) is 4. The molecule has 3 rings (SSSR count). The van der Waals surface area contributed by atoms with Crippen molar-refractivity contribution in [1.82, 2.24) is 10.2 Å². The summed E-state index contributed by atoms with van der Waals surface area (Å²) >= 11 is 0. The number of anilines is 1. The van der Waals surface area contributed by atoms with E-state index in [1.54, 1.807) is 0 Å². The second-order valence-electron chi connectivity index (χ2n) is 4.96. The highest BCUT2D eigenvalue weighted by molar-refractivity contribution is 5.95. The zero-order valence-corrected chi connectivity index (χ0v) is 9.56. The average molecular weight is 249 g/mol. The third-order valence-corrected chi connectivity index (χ3v) is 3.68. The first kappa shape index (κ1) is 8.18. The third kappa shape index (κ3) is 1.73. The van der Waals surface area contributed by atoms with Crippen molar-refractivity contribution in [2.75, 3.05) is 5.32 Å². The van der Waals surface area contributed by atoms with Gasteiger partial charge in [0.05, 0.1) is 0 Å². The standard InChI is InChI=1S/C12H14N4O2/c1-6-4-8(15-16-9(6)10(13)17)14-11(18)7-5-12(7)2-3-12/h4,7H,2-3,5H2,1H3,(H2,13,17)(H,14,15,18)/t7-/m0/s1/i1D3. The van der Waals surface area contributed by atoms with Crippen LogP contribution in [0.1, 0.15) is 39.4 Å². The maximum absolute atomic E-state index is 12.0. The Morgan fingerprint density at radius 1 is 1.56 bits per heavy atom. The maximum atomic E-state index is 12.0. The van der Waals surface area contributed by atoms with Gasteiger partial charge in [-0.2, -0.15) is 0 Å². The van der Waals surface area contributed by atoms with E-state index in [9.17, 15) is 9.59 Å². The lowest BCUT2D eigenvalue weighted by molar-refractivity contribution is -0.117. The van der Waals surface area contributed by atoms with Crippen molar-refractivity contribution in [3.05, 3.63) is 17.3 Å². The molecule has 1 aromatic rings. The van der Waals surface area contributed by atoms with Gasteiger partial charge in [0.1, 0.15) is 0 Å². The van der Waals surface area contributed by atoms with E-state index in [4.69, 9.17) is 9.85 Å². The van der Waals surface area contributed by atoms with E-state index < -0.39 is 18.5 Å². The maximum Gasteiger partial charge on any atom is 0.269 e. The lowest BCUT2D eigenvalue weighted by Gasteiger charge is -2.05. The Labute approximate surface area is 108 Å². The predicted octanol–water partition coefficient (Wildman–Crippen LogP) is 0.623. The molecule has 2 fully saturated rings. The van der Waals surface area contributed by atoms with Gasteiger partial charge >= 0.3 is 0 Å². The van der Waals surface area contributed by atoms with Crippen LogP contribution in [-0.2, 0) is 4.79 Å². The van der Waals surface area contributed by atoms with Gasteiger partial charge in [-0.05, 0) is 43.2 Å². The topological polar surface area (TPSA) is 98.0 Å². The Kier molecular flexibility index (Phi) is 1.59. The normalized spacial score (nSPS) is 25.8. The number of primary amides is 1. The molecule has 94 valence electrons. The van der Waals surface area contributed by atoms with Gasteiger partial charge in [0.25, 0.3) is 5.91 Å². The van der Waals surface area contributed by atoms with E-state index in [2.05, 4.69) is 15.5 Å². The fourth-order valence-electron chi connectivity index (χ4n) is 2.28. The van der Waals surface area contributed by atoms with Crippen LogP contribution in [-0.4, -0.2) is 22.0 Å². The lowest BCUT2D eigenvalue weighted by atomic mass is 10.2. The molecular formula is C12H14N4O2. The molecule has 2 aliphatic carbocycles. The summed E-state index contributed by atoms with van der Waals surface area (Å²) in [5.74, 6) is -1.14. The smallest absolute Gasteiger partial charge is 0.269 e. The van der Waals surface area contributed by atoms with Crippen LogP contribution in [0, 0.1) is 18.2 Å². The van der Waals surface area contributed by atoms with Crippen molar-refractivity contribution < 1.29 is 13.7 Å². The van der Waals surface area contributed by atoms with Crippen LogP contribution < -0.4 is 11.1 Å². The van der Waals surface area contributed by atoms with Crippen molar-refractivity contribution in [3.8, 4) is 0 Å². The zero-order valence-electron chi connectivity index (χ0n) is 12.6. The molecule has 1 heterocycles. The summed E-state index contributed by atoms with van der Waals surface area (Å²) in [6.07, 6.45) is 3.01. The lowest BCUT2D eigenvalue weighted by Crippen LogP contribution is -2.19. The van der Waals surface area contributed by atoms with Crippen molar-refractivity contribution >= 4 is 17.6 Å². The van der Waals surface area contributed by atoms with Crippen molar-refractivity contribution in [2.45, 2.75) is 26.1 Å². The second-order valence-corrected chi connectivity index (χ2v) is 4.96. The molecule has 3 N–H and O–H groups in total. The molecule has 0 aromatic carbocycles. The number of hydrogen-bond donors (Lipinski definition) is 2. The van der Waals surface area contributed by atoms with E-state index >= 15 is 0 Å². The highest BCUT2D eigenvalue weighted by Gasteiger charge is 2.65. The van der Waals surface area contributed by atoms with E-state index in [-0.39, 0.29) is 28.6 Å². The van der Waals surface area contributed by atoms with Gasteiger partial charge in [0.15, 0.2) is 11.5 Å². The van der Waals surface area contributed by atoms with E-state index in [0.717, 1.165) is 25.3 Å². The Hall–Kier alpha value is -1.98. The number of amides is 2. The molecule has 0 unspecified atom stereocenters. The molecule has 1 atom stereocenters. The minimum Gasteiger partial charge on any atom is -0.364 e. The molecule has 1 aromatic heterocycles. The van der Waals surface area contributed by atoms with Crippen LogP contribution in [0.5, 0.6) is 0 Å². The largest absolute Gasteiger partial charge is 0.364 e. The van der Waals surface area contributed by atoms with Crippen LogP contribution in [0.25, 0.3) is 0 Å². The highest BCUT2D eigenvalue weighted by Crippen LogP contribution is 2.70. The summed E-state index contributed by atoms with van der Waals surface area (Å²) < 4.78 is 22.2. The molecule has 0 aliphatic heterocycles. The quantitative estimate of drug-likeness (QED) is 0.820. The molecule has 0 radical (unpaired) electrons. The van der Waals surface area contributed by atoms with Gasteiger partial charge in [-0.1, -0.05) is 0 Å². The van der Waals surface area contributed by atoms with Gasteiger partial charge in [0.2, 0.25) is 5.91 Å². The number of nitrogens with zero attached hydrogens (tertiary/aromatic N) is 2. The fraction of sp³-hybridized carbons (Fsp3) is 0.500. The van der Waals surface area contributed by atoms with Crippen LogP contribution >= 0.6 is 0 Å². The minimum absolute atomic E-state index is 0.0219. The zero-order chi connectivity index (χ0) is 15.4. The van der Waals surface area contributed by atoms with Crippen LogP contribution in [0.15, 0.2) is 6.07 Å². The molecule has 0 bridgehead atoms. The first-order chi connectivity index (χ1) is 9.73. The number of carbonyl (C=O) groups is 2. The Morgan fingerprint density at radius 2 is 2.33 bits per heavy atom. The number of nitrogens with one attached hydrogen (secondary N) is 1. The summed E-state index contributed by atoms with van der Waals surface area (Å²) in [6, 6.07) is 1.14. The molecule has 2 saturated carbocycles. The molecule has 0 saturated heterocycles. The van der Waals surface area contributed by atoms with Crippen molar-refractivity contribution in [2.24, 2.45) is 17.1 Å². The van der Waals surface area contributed by atoms with E-state index in [1.807, 2.05) is 0 Å². The number of carbonyl (C=O) groups excluding carboxylic acids is 2. The van der Waals surface area contributed by atoms with E-state index in [0.29, 0.717) is 0 Å². The molecule has 2 aliphatic rings. The first-order valence-corrected chi connectivity index (χ1v) is 5.72. The molecular weight excluding hydrogens is 232 g/mol. The average Bonchev–Trinajstić information content (AvgIpc) is 3.28. The minimum atomic E-state index is -2.56. The summed E-state index contributed by atoms with van der Waals surface area (Å²) in [6.45, 7) is -2.56. The predicted molar refractivity (Wildman–Crippen MR) is 63.7 cm³/mol. The van der Waals surface area contributed by atoms with Crippen LogP contribution in [0.2, 0.25) is 0 Å². The van der Waals surface area contributed by atoms with Crippen LogP contribution in [0.3, 0.4) is 0 Å². The SMILES string of the molecule is [2H]C([2H])([2H])c1cc(NC(=O)[C@@H]2CC23CC3)nnc1C(N)=O. The van der Waals surface area contributed by atoms with Crippen molar-refractivity contribution in [1.29, 1.82) is 0 Å². The van der Waals surface area contributed by atoms with Gasteiger partial charge in [-0.25, -0.2) is 0 Å². The monoisotopic (exact) mass is 249 g/mol. The van der Waals surface area contributed by atoms with Gasteiger partial charge in [-0.3, -0.25) is 9.59 Å². The van der Waals surface area contributed by atoms with E-state index in [1.165, 1.54) is 0 Å². The Bertz CT molecular complexity index is 640. The van der Waals surface area contributed by atoms with Gasteiger partial charge < -0.3 is 11.1 Å². The Morgan fingerprint density at radius 3 is 2.89 bits per heavy atom. The molecule has 2 amide bonds. The van der Waals surface area contributed by atoms with Crippen molar-refractivity contribution in [3.63, 3.8) is 0 Å². The van der Waals surface area contributed by atoms with Gasteiger partial charge in [0, 0.05) is 10.0 Å². The van der Waals surface area contributed by atoms with Crippen LogP contribution in [0.4, 0.5) is 5.82 Å². The molecule has 6 nitrogen and oxygen atoms in total. The number of rotatable bonds is 3. The summed E-state index contributed by atoms with van der Waals surface area (Å²) in [4.78, 5) is 23.2. The number of aryl methyl sites for hydroxylation is 1. The highest BCUT2D eigenvalue weighted by atomic mass is 16.2. The second kappa shape index (κ2) is 3.51. The Balaban J connectivity index is 1.83. The fourth-order valence-corrected chi connectivity index (χ4v) is 2.28. The summed E-state index contributed by atoms with van der Waals surface area (Å²) in [7, 11) is 0.